The Hall–Kier alpha value is -3.69. The van der Waals surface area contributed by atoms with Gasteiger partial charge in [0.1, 0.15) is 5.82 Å². The summed E-state index contributed by atoms with van der Waals surface area (Å²) in [5, 5.41) is 3.48. The summed E-state index contributed by atoms with van der Waals surface area (Å²) in [6, 6.07) is 12.4. The number of nitrogens with one attached hydrogen (secondary N) is 1. The molecule has 1 N–H and O–H groups in total. The van der Waals surface area contributed by atoms with Gasteiger partial charge in [0.25, 0.3) is 0 Å². The molecule has 0 radical (unpaired) electrons. The van der Waals surface area contributed by atoms with E-state index in [0.29, 0.717) is 16.6 Å². The first-order valence-corrected chi connectivity index (χ1v) is 9.27. The Bertz CT molecular complexity index is 1280. The lowest BCUT2D eigenvalue weighted by atomic mass is 10.0. The fourth-order valence-corrected chi connectivity index (χ4v) is 3.14. The van der Waals surface area contributed by atoms with E-state index in [0.717, 1.165) is 29.7 Å². The fraction of sp³-hybridized carbons (Fsp3) is 0.136. The fourth-order valence-electron chi connectivity index (χ4n) is 3.14. The van der Waals surface area contributed by atoms with Crippen LogP contribution in [0, 0.1) is 6.92 Å². The highest BCUT2D eigenvalue weighted by Crippen LogP contribution is 2.35. The van der Waals surface area contributed by atoms with Crippen LogP contribution in [0.4, 0.5) is 37.8 Å². The normalized spacial score (nSPS) is 12.2. The van der Waals surface area contributed by atoms with Gasteiger partial charge in [0.05, 0.1) is 16.8 Å². The molecule has 10 heteroatoms. The van der Waals surface area contributed by atoms with Gasteiger partial charge in [-0.2, -0.15) is 26.3 Å². The molecule has 2 aromatic heterocycles. The average Bonchev–Trinajstić information content (AvgIpc) is 2.74. The predicted molar refractivity (Wildman–Crippen MR) is 107 cm³/mol. The van der Waals surface area contributed by atoms with Gasteiger partial charge in [0.15, 0.2) is 0 Å². The van der Waals surface area contributed by atoms with Crippen molar-refractivity contribution in [1.82, 2.24) is 15.0 Å². The molecule has 2 aromatic carbocycles. The number of alkyl halides is 6. The van der Waals surface area contributed by atoms with E-state index in [1.807, 2.05) is 6.07 Å². The highest BCUT2D eigenvalue weighted by molar-refractivity contribution is 5.84. The Kier molecular flexibility index (Phi) is 5.23. The summed E-state index contributed by atoms with van der Waals surface area (Å²) in [5.74, 6) is -1.53. The Morgan fingerprint density at radius 2 is 1.53 bits per heavy atom. The highest BCUT2D eigenvalue weighted by Gasteiger charge is 2.36. The van der Waals surface area contributed by atoms with Crippen LogP contribution in [0.1, 0.15) is 17.0 Å². The zero-order chi connectivity index (χ0) is 23.1. The quantitative estimate of drug-likeness (QED) is 0.351. The van der Waals surface area contributed by atoms with Gasteiger partial charge >= 0.3 is 12.4 Å². The van der Waals surface area contributed by atoms with Crippen molar-refractivity contribution in [3.63, 3.8) is 0 Å². The molecule has 0 atom stereocenters. The summed E-state index contributed by atoms with van der Waals surface area (Å²) in [6.07, 6.45) is -7.78. The van der Waals surface area contributed by atoms with Gasteiger partial charge in [-0.25, -0.2) is 9.97 Å². The van der Waals surface area contributed by atoms with Crippen LogP contribution in [-0.2, 0) is 12.4 Å². The number of anilines is 2. The number of pyridine rings is 1. The summed E-state index contributed by atoms with van der Waals surface area (Å²) in [6.45, 7) is 1.53. The number of nitrogens with zero attached hydrogens (tertiary/aromatic N) is 3. The lowest BCUT2D eigenvalue weighted by molar-refractivity contribution is -0.144. The van der Waals surface area contributed by atoms with Gasteiger partial charge in [-0.1, -0.05) is 18.2 Å². The minimum atomic E-state index is -4.83. The van der Waals surface area contributed by atoms with Crippen molar-refractivity contribution >= 4 is 22.4 Å². The summed E-state index contributed by atoms with van der Waals surface area (Å²) in [4.78, 5) is 11.5. The second kappa shape index (κ2) is 7.77. The van der Waals surface area contributed by atoms with E-state index in [4.69, 9.17) is 0 Å². The Morgan fingerprint density at radius 3 is 2.19 bits per heavy atom. The number of aromatic nitrogens is 3. The molecule has 0 unspecified atom stereocenters. The van der Waals surface area contributed by atoms with Crippen LogP contribution in [0.2, 0.25) is 0 Å². The van der Waals surface area contributed by atoms with Crippen molar-refractivity contribution in [2.45, 2.75) is 19.3 Å². The lowest BCUT2D eigenvalue weighted by Gasteiger charge is -2.16. The molecular formula is C22H14F6N4. The van der Waals surface area contributed by atoms with Crippen LogP contribution in [-0.4, -0.2) is 15.0 Å². The maximum Gasteiger partial charge on any atom is 0.451 e. The molecule has 2 heterocycles. The van der Waals surface area contributed by atoms with E-state index in [2.05, 4.69) is 20.3 Å². The predicted octanol–water partition coefficient (Wildman–Crippen LogP) is 6.78. The molecule has 0 aliphatic heterocycles. The van der Waals surface area contributed by atoms with Crippen molar-refractivity contribution < 1.29 is 26.3 Å². The topological polar surface area (TPSA) is 50.7 Å². The summed E-state index contributed by atoms with van der Waals surface area (Å²) in [7, 11) is 0. The van der Waals surface area contributed by atoms with Gasteiger partial charge in [0.2, 0.25) is 5.82 Å². The zero-order valence-corrected chi connectivity index (χ0v) is 16.4. The maximum absolute atomic E-state index is 13.5. The molecule has 32 heavy (non-hydrogen) atoms. The Labute approximate surface area is 178 Å². The first kappa shape index (κ1) is 21.5. The van der Waals surface area contributed by atoms with E-state index in [-0.39, 0.29) is 17.2 Å². The monoisotopic (exact) mass is 448 g/mol. The molecule has 164 valence electrons. The van der Waals surface area contributed by atoms with Gasteiger partial charge in [-0.3, -0.25) is 4.98 Å². The average molecular weight is 448 g/mol. The number of hydrogen-bond donors (Lipinski definition) is 1. The summed E-state index contributed by atoms with van der Waals surface area (Å²) < 4.78 is 78.8. The SMILES string of the molecule is Cc1c(Nc2ccc(C(F)(F)F)cc2)nc(C(F)(F)F)nc1-c1ccc2cccnc2c1. The zero-order valence-electron chi connectivity index (χ0n) is 16.4. The van der Waals surface area contributed by atoms with Crippen molar-refractivity contribution in [3.8, 4) is 11.3 Å². The van der Waals surface area contributed by atoms with E-state index in [1.54, 1.807) is 30.5 Å². The maximum atomic E-state index is 13.5. The van der Waals surface area contributed by atoms with Gasteiger partial charge in [-0.05, 0) is 43.3 Å². The molecule has 0 fully saturated rings. The number of fused-ring (bicyclic) bond motifs is 1. The number of hydrogen-bond acceptors (Lipinski definition) is 4. The van der Waals surface area contributed by atoms with Crippen molar-refractivity contribution in [1.29, 1.82) is 0 Å². The Morgan fingerprint density at radius 1 is 0.812 bits per heavy atom. The third-order valence-corrected chi connectivity index (χ3v) is 4.75. The van der Waals surface area contributed by atoms with Crippen LogP contribution in [0.25, 0.3) is 22.2 Å². The van der Waals surface area contributed by atoms with Crippen LogP contribution in [0.3, 0.4) is 0 Å². The van der Waals surface area contributed by atoms with Crippen molar-refractivity contribution in [2.24, 2.45) is 0 Å². The molecule has 0 bridgehead atoms. The van der Waals surface area contributed by atoms with Crippen molar-refractivity contribution in [2.75, 3.05) is 5.32 Å². The molecule has 0 saturated heterocycles. The van der Waals surface area contributed by atoms with E-state index in [9.17, 15) is 26.3 Å². The van der Waals surface area contributed by atoms with Crippen LogP contribution in [0.15, 0.2) is 60.8 Å². The number of halogens is 6. The summed E-state index contributed by atoms with van der Waals surface area (Å²) >= 11 is 0. The first-order valence-electron chi connectivity index (χ1n) is 9.27. The Balaban J connectivity index is 1.80. The molecule has 4 aromatic rings. The van der Waals surface area contributed by atoms with Gasteiger partial charge in [0, 0.05) is 28.4 Å². The summed E-state index contributed by atoms with van der Waals surface area (Å²) in [5.41, 5.74) is 0.593. The van der Waals surface area contributed by atoms with E-state index >= 15 is 0 Å². The number of benzene rings is 2. The van der Waals surface area contributed by atoms with E-state index < -0.39 is 23.7 Å². The minimum absolute atomic E-state index is 0.0364. The van der Waals surface area contributed by atoms with Crippen molar-refractivity contribution in [3.05, 3.63) is 77.7 Å². The smallest absolute Gasteiger partial charge is 0.340 e. The molecule has 0 spiro atoms. The number of rotatable bonds is 3. The molecular weight excluding hydrogens is 434 g/mol. The third-order valence-electron chi connectivity index (χ3n) is 4.75. The van der Waals surface area contributed by atoms with Gasteiger partial charge < -0.3 is 5.32 Å². The lowest BCUT2D eigenvalue weighted by Crippen LogP contribution is -2.14. The van der Waals surface area contributed by atoms with Gasteiger partial charge in [-0.15, -0.1) is 0 Å². The first-order chi connectivity index (χ1) is 15.0. The molecule has 0 aliphatic carbocycles. The van der Waals surface area contributed by atoms with Crippen LogP contribution < -0.4 is 5.32 Å². The molecule has 4 rings (SSSR count). The molecule has 4 nitrogen and oxygen atoms in total. The molecule has 0 saturated carbocycles. The standard InChI is InChI=1S/C22H14F6N4/c1-12-18(14-5-4-13-3-2-10-29-17(13)11-14)31-20(22(26,27)28)32-19(12)30-16-8-6-15(7-9-16)21(23,24)25/h2-11H,1H3,(H,30,31,32). The van der Waals surface area contributed by atoms with Crippen LogP contribution >= 0.6 is 0 Å². The second-order valence-corrected chi connectivity index (χ2v) is 6.98. The molecule has 0 amide bonds. The highest BCUT2D eigenvalue weighted by atomic mass is 19.4. The second-order valence-electron chi connectivity index (χ2n) is 6.98. The van der Waals surface area contributed by atoms with Crippen LogP contribution in [0.5, 0.6) is 0 Å². The third kappa shape index (κ3) is 4.34. The largest absolute Gasteiger partial charge is 0.451 e. The van der Waals surface area contributed by atoms with E-state index in [1.165, 1.54) is 6.92 Å². The molecule has 0 aliphatic rings. The minimum Gasteiger partial charge on any atom is -0.340 e.